The van der Waals surface area contributed by atoms with E-state index in [1.165, 1.54) is 0 Å². The highest BCUT2D eigenvalue weighted by atomic mass is 16.5. The number of rotatable bonds is 6. The Morgan fingerprint density at radius 1 is 1.16 bits per heavy atom. The molecule has 0 bridgehead atoms. The van der Waals surface area contributed by atoms with E-state index in [4.69, 9.17) is 14.5 Å². The van der Waals surface area contributed by atoms with Gasteiger partial charge in [-0.3, -0.25) is 4.79 Å². The van der Waals surface area contributed by atoms with Gasteiger partial charge in [-0.1, -0.05) is 47.1 Å². The zero-order valence-corrected chi connectivity index (χ0v) is 17.2. The third kappa shape index (κ3) is 4.38. The fraction of sp³-hybridized carbons (Fsp3) is 0.167. The van der Waals surface area contributed by atoms with Crippen LogP contribution in [0.4, 0.5) is 0 Å². The molecule has 0 fully saturated rings. The molecule has 4 aromatic rings. The van der Waals surface area contributed by atoms with Crippen LogP contribution in [0.15, 0.2) is 59.1 Å². The molecule has 0 unspecified atom stereocenters. The Balaban J connectivity index is 1.62. The van der Waals surface area contributed by atoms with E-state index in [9.17, 15) is 4.79 Å². The van der Waals surface area contributed by atoms with Gasteiger partial charge in [0.2, 0.25) is 0 Å². The summed E-state index contributed by atoms with van der Waals surface area (Å²) in [5.41, 5.74) is 4.91. The molecule has 31 heavy (non-hydrogen) atoms. The van der Waals surface area contributed by atoms with Crippen molar-refractivity contribution >= 4 is 17.0 Å². The Bertz CT molecular complexity index is 1290. The van der Waals surface area contributed by atoms with Crippen molar-refractivity contribution in [1.29, 1.82) is 5.26 Å². The molecule has 0 aliphatic rings. The van der Waals surface area contributed by atoms with Crippen LogP contribution in [-0.4, -0.2) is 22.7 Å². The van der Waals surface area contributed by atoms with Gasteiger partial charge >= 0.3 is 0 Å². The highest BCUT2D eigenvalue weighted by molar-refractivity contribution is 6.06. The number of nitrogens with one attached hydrogen (secondary N) is 1. The molecule has 0 saturated heterocycles. The predicted molar refractivity (Wildman–Crippen MR) is 115 cm³/mol. The van der Waals surface area contributed by atoms with E-state index in [1.54, 1.807) is 25.1 Å². The maximum atomic E-state index is 13.1. The van der Waals surface area contributed by atoms with E-state index in [2.05, 4.69) is 15.5 Å². The number of aromatic nitrogens is 2. The first-order chi connectivity index (χ1) is 15.0. The summed E-state index contributed by atoms with van der Waals surface area (Å²) in [6.45, 7) is 4.07. The third-order valence-electron chi connectivity index (χ3n) is 4.86. The number of ether oxygens (including phenoxy) is 1. The number of amides is 1. The average Bonchev–Trinajstić information content (AvgIpc) is 3.17. The number of carbonyl (C=O) groups excluding carboxylic acids is 1. The van der Waals surface area contributed by atoms with Gasteiger partial charge in [0, 0.05) is 12.1 Å². The van der Waals surface area contributed by atoms with E-state index >= 15 is 0 Å². The number of pyridine rings is 1. The molecule has 0 saturated carbocycles. The number of nitrogens with zero attached hydrogens (tertiary/aromatic N) is 3. The minimum absolute atomic E-state index is 0.0284. The number of aryl methyl sites for hydroxylation is 2. The molecule has 154 valence electrons. The minimum Gasteiger partial charge on any atom is -0.479 e. The van der Waals surface area contributed by atoms with Gasteiger partial charge in [-0.25, -0.2) is 4.98 Å². The fourth-order valence-corrected chi connectivity index (χ4v) is 3.28. The summed E-state index contributed by atoms with van der Waals surface area (Å²) >= 11 is 0. The van der Waals surface area contributed by atoms with Crippen molar-refractivity contribution in [3.05, 3.63) is 77.0 Å². The molecule has 1 N–H and O–H groups in total. The monoisotopic (exact) mass is 412 g/mol. The van der Waals surface area contributed by atoms with Crippen LogP contribution in [-0.2, 0) is 6.54 Å². The zero-order valence-electron chi connectivity index (χ0n) is 17.2. The van der Waals surface area contributed by atoms with Crippen LogP contribution in [0.3, 0.4) is 0 Å². The van der Waals surface area contributed by atoms with Gasteiger partial charge in [0.15, 0.2) is 6.61 Å². The molecule has 7 nitrogen and oxygen atoms in total. The lowest BCUT2D eigenvalue weighted by molar-refractivity contribution is 0.0952. The van der Waals surface area contributed by atoms with Crippen molar-refractivity contribution in [2.75, 3.05) is 6.61 Å². The van der Waals surface area contributed by atoms with Crippen LogP contribution in [0.1, 0.15) is 27.2 Å². The first-order valence-corrected chi connectivity index (χ1v) is 9.76. The van der Waals surface area contributed by atoms with E-state index in [0.29, 0.717) is 40.3 Å². The molecule has 1 amide bonds. The number of fused-ring (bicyclic) bond motifs is 1. The maximum Gasteiger partial charge on any atom is 0.259 e. The molecule has 0 aliphatic carbocycles. The van der Waals surface area contributed by atoms with Crippen LogP contribution in [0, 0.1) is 25.2 Å². The largest absolute Gasteiger partial charge is 0.479 e. The first kappa shape index (κ1) is 20.1. The number of hydrogen-bond donors (Lipinski definition) is 1. The van der Waals surface area contributed by atoms with Gasteiger partial charge in [-0.15, -0.1) is 0 Å². The van der Waals surface area contributed by atoms with Gasteiger partial charge < -0.3 is 14.6 Å². The van der Waals surface area contributed by atoms with E-state index in [0.717, 1.165) is 16.7 Å². The van der Waals surface area contributed by atoms with Crippen LogP contribution < -0.4 is 10.1 Å². The molecule has 2 aromatic heterocycles. The predicted octanol–water partition coefficient (Wildman–Crippen LogP) is 4.34. The van der Waals surface area contributed by atoms with E-state index in [1.807, 2.05) is 49.4 Å². The number of carbonyl (C=O) groups is 1. The Hall–Kier alpha value is -4.18. The van der Waals surface area contributed by atoms with E-state index in [-0.39, 0.29) is 12.5 Å². The Kier molecular flexibility index (Phi) is 5.63. The molecule has 0 radical (unpaired) electrons. The Morgan fingerprint density at radius 3 is 2.74 bits per heavy atom. The molecular formula is C24H20N4O3. The van der Waals surface area contributed by atoms with Gasteiger partial charge in [0.1, 0.15) is 11.8 Å². The quantitative estimate of drug-likeness (QED) is 0.506. The van der Waals surface area contributed by atoms with E-state index < -0.39 is 0 Å². The first-order valence-electron chi connectivity index (χ1n) is 9.76. The molecule has 0 aliphatic heterocycles. The summed E-state index contributed by atoms with van der Waals surface area (Å²) in [5.74, 6) is 0.326. The average molecular weight is 412 g/mol. The Labute approximate surface area is 179 Å². The van der Waals surface area contributed by atoms with Crippen LogP contribution in [0.2, 0.25) is 0 Å². The topological polar surface area (TPSA) is 101 Å². The van der Waals surface area contributed by atoms with Crippen molar-refractivity contribution in [2.24, 2.45) is 0 Å². The van der Waals surface area contributed by atoms with Gasteiger partial charge in [0.05, 0.1) is 22.3 Å². The number of benzene rings is 2. The molecule has 0 atom stereocenters. The smallest absolute Gasteiger partial charge is 0.259 e. The van der Waals surface area contributed by atoms with Crippen LogP contribution in [0.25, 0.3) is 22.4 Å². The summed E-state index contributed by atoms with van der Waals surface area (Å²) in [6, 6.07) is 18.9. The maximum absolute atomic E-state index is 13.1. The summed E-state index contributed by atoms with van der Waals surface area (Å²) < 4.78 is 10.7. The highest BCUT2D eigenvalue weighted by Crippen LogP contribution is 2.27. The van der Waals surface area contributed by atoms with Gasteiger partial charge in [-0.05, 0) is 37.6 Å². The molecular weight excluding hydrogens is 392 g/mol. The molecule has 0 spiro atoms. The van der Waals surface area contributed by atoms with Crippen molar-refractivity contribution in [3.63, 3.8) is 0 Å². The minimum atomic E-state index is -0.254. The second kappa shape index (κ2) is 8.67. The Morgan fingerprint density at radius 2 is 1.97 bits per heavy atom. The molecule has 4 rings (SSSR count). The zero-order chi connectivity index (χ0) is 21.8. The SMILES string of the molecule is Cc1ccc(-c2cc(C(=O)NCc3cccc(OCC#N)c3)c3c(C)noc3n2)cc1. The lowest BCUT2D eigenvalue weighted by atomic mass is 10.0. The molecule has 2 heterocycles. The standard InChI is InChI=1S/C24H20N4O3/c1-15-6-8-18(9-7-15)21-13-20(22-16(2)28-31-24(22)27-21)23(29)26-14-17-4-3-5-19(12-17)30-11-10-25/h3-9,12-13H,11,14H2,1-2H3,(H,26,29). The summed E-state index contributed by atoms with van der Waals surface area (Å²) in [7, 11) is 0. The second-order valence-electron chi connectivity index (χ2n) is 7.15. The lowest BCUT2D eigenvalue weighted by Gasteiger charge is -2.10. The summed E-state index contributed by atoms with van der Waals surface area (Å²) in [6.07, 6.45) is 0. The highest BCUT2D eigenvalue weighted by Gasteiger charge is 2.19. The molecule has 7 heteroatoms. The second-order valence-corrected chi connectivity index (χ2v) is 7.15. The van der Waals surface area contributed by atoms with Crippen LogP contribution >= 0.6 is 0 Å². The lowest BCUT2D eigenvalue weighted by Crippen LogP contribution is -2.23. The number of nitriles is 1. The van der Waals surface area contributed by atoms with Gasteiger partial charge in [0.25, 0.3) is 11.6 Å². The van der Waals surface area contributed by atoms with Crippen molar-refractivity contribution in [3.8, 4) is 23.1 Å². The number of hydrogen-bond acceptors (Lipinski definition) is 6. The summed E-state index contributed by atoms with van der Waals surface area (Å²) in [5, 5.41) is 16.2. The normalized spacial score (nSPS) is 10.6. The fourth-order valence-electron chi connectivity index (χ4n) is 3.28. The van der Waals surface area contributed by atoms with Gasteiger partial charge in [-0.2, -0.15) is 5.26 Å². The van der Waals surface area contributed by atoms with Crippen molar-refractivity contribution in [1.82, 2.24) is 15.5 Å². The third-order valence-corrected chi connectivity index (χ3v) is 4.86. The van der Waals surface area contributed by atoms with Crippen molar-refractivity contribution < 1.29 is 14.1 Å². The van der Waals surface area contributed by atoms with Crippen LogP contribution in [0.5, 0.6) is 5.75 Å². The van der Waals surface area contributed by atoms with Crippen molar-refractivity contribution in [2.45, 2.75) is 20.4 Å². The molecule has 2 aromatic carbocycles. The summed E-state index contributed by atoms with van der Waals surface area (Å²) in [4.78, 5) is 17.6.